The lowest BCUT2D eigenvalue weighted by Gasteiger charge is -2.18. The number of nitrogens with one attached hydrogen (secondary N) is 1. The van der Waals surface area contributed by atoms with E-state index in [4.69, 9.17) is 0 Å². The van der Waals surface area contributed by atoms with Crippen molar-refractivity contribution in [1.82, 2.24) is 5.32 Å². The largest absolute Gasteiger partial charge is 0.373 e. The third kappa shape index (κ3) is 2.99. The number of benzene rings is 1. The zero-order valence-corrected chi connectivity index (χ0v) is 11.4. The van der Waals surface area contributed by atoms with Crippen LogP contribution in [0.4, 0.5) is 5.69 Å². The molecule has 92 valence electrons. The minimum atomic E-state index is 1.11. The van der Waals surface area contributed by atoms with Crippen molar-refractivity contribution < 1.29 is 0 Å². The monoisotopic (exact) mass is 248 g/mol. The van der Waals surface area contributed by atoms with Crippen molar-refractivity contribution >= 4 is 27.1 Å². The number of unbranched alkanes of at least 4 members (excludes halogenated alkanes) is 1. The van der Waals surface area contributed by atoms with Crippen molar-refractivity contribution in [2.24, 2.45) is 0 Å². The van der Waals surface area contributed by atoms with Crippen molar-refractivity contribution in [3.05, 3.63) is 29.6 Å². The molecule has 2 aromatic rings. The van der Waals surface area contributed by atoms with E-state index in [9.17, 15) is 0 Å². The van der Waals surface area contributed by atoms with Crippen LogP contribution in [0.3, 0.4) is 0 Å². The lowest BCUT2D eigenvalue weighted by atomic mass is 10.2. The van der Waals surface area contributed by atoms with Crippen molar-refractivity contribution in [3.63, 3.8) is 0 Å². The first-order valence-electron chi connectivity index (χ1n) is 6.15. The van der Waals surface area contributed by atoms with Crippen LogP contribution in [0.15, 0.2) is 29.6 Å². The first-order chi connectivity index (χ1) is 8.33. The molecule has 2 rings (SSSR count). The van der Waals surface area contributed by atoms with Gasteiger partial charge in [0.2, 0.25) is 0 Å². The summed E-state index contributed by atoms with van der Waals surface area (Å²) in [4.78, 5) is 2.37. The number of rotatable bonds is 6. The lowest BCUT2D eigenvalue weighted by molar-refractivity contribution is 0.672. The van der Waals surface area contributed by atoms with E-state index >= 15 is 0 Å². The van der Waals surface area contributed by atoms with Gasteiger partial charge in [0.15, 0.2) is 0 Å². The number of hydrogen-bond donors (Lipinski definition) is 1. The molecule has 1 aromatic carbocycles. The molecule has 1 heterocycles. The Bertz CT molecular complexity index is 464. The van der Waals surface area contributed by atoms with Crippen molar-refractivity contribution in [2.75, 3.05) is 32.1 Å². The molecule has 0 aliphatic heterocycles. The molecule has 0 radical (unpaired) electrons. The molecule has 0 aliphatic carbocycles. The van der Waals surface area contributed by atoms with Gasteiger partial charge in [-0.1, -0.05) is 18.2 Å². The van der Waals surface area contributed by atoms with Gasteiger partial charge in [0.1, 0.15) is 0 Å². The highest BCUT2D eigenvalue weighted by Crippen LogP contribution is 2.32. The maximum atomic E-state index is 3.19. The van der Waals surface area contributed by atoms with Crippen LogP contribution in [-0.4, -0.2) is 27.2 Å². The zero-order chi connectivity index (χ0) is 12.1. The molecule has 2 nitrogen and oxygen atoms in total. The molecular weight excluding hydrogens is 228 g/mol. The maximum absolute atomic E-state index is 3.19. The van der Waals surface area contributed by atoms with Crippen LogP contribution < -0.4 is 10.2 Å². The van der Waals surface area contributed by atoms with Gasteiger partial charge < -0.3 is 10.2 Å². The average Bonchev–Trinajstić information content (AvgIpc) is 2.78. The Morgan fingerprint density at radius 3 is 2.88 bits per heavy atom. The smallest absolute Gasteiger partial charge is 0.0552 e. The second kappa shape index (κ2) is 6.03. The van der Waals surface area contributed by atoms with Crippen LogP contribution in [0.1, 0.15) is 12.8 Å². The molecule has 1 aromatic heterocycles. The highest BCUT2D eigenvalue weighted by atomic mass is 32.1. The fourth-order valence-electron chi connectivity index (χ4n) is 2.03. The Hall–Kier alpha value is -1.06. The predicted molar refractivity (Wildman–Crippen MR) is 78.3 cm³/mol. The molecule has 17 heavy (non-hydrogen) atoms. The molecule has 0 amide bonds. The summed E-state index contributed by atoms with van der Waals surface area (Å²) in [7, 11) is 4.20. The van der Waals surface area contributed by atoms with Gasteiger partial charge in [-0.2, -0.15) is 0 Å². The second-order valence-corrected chi connectivity index (χ2v) is 5.26. The third-order valence-electron chi connectivity index (χ3n) is 3.04. The van der Waals surface area contributed by atoms with E-state index < -0.39 is 0 Å². The van der Waals surface area contributed by atoms with Crippen molar-refractivity contribution in [1.29, 1.82) is 0 Å². The van der Waals surface area contributed by atoms with Gasteiger partial charge in [0.05, 0.1) is 5.69 Å². The van der Waals surface area contributed by atoms with Gasteiger partial charge in [0, 0.05) is 29.1 Å². The van der Waals surface area contributed by atoms with E-state index in [1.807, 2.05) is 18.4 Å². The fraction of sp³-hybridized carbons (Fsp3) is 0.429. The van der Waals surface area contributed by atoms with Gasteiger partial charge in [-0.3, -0.25) is 0 Å². The van der Waals surface area contributed by atoms with Gasteiger partial charge in [0.25, 0.3) is 0 Å². The summed E-state index contributed by atoms with van der Waals surface area (Å²) in [5.41, 5.74) is 1.37. The van der Waals surface area contributed by atoms with E-state index in [0.29, 0.717) is 0 Å². The highest BCUT2D eigenvalue weighted by Gasteiger charge is 2.07. The van der Waals surface area contributed by atoms with Crippen LogP contribution in [-0.2, 0) is 0 Å². The van der Waals surface area contributed by atoms with E-state index in [0.717, 1.165) is 13.1 Å². The molecule has 3 heteroatoms. The predicted octanol–water partition coefficient (Wildman–Crippen LogP) is 3.34. The molecule has 0 saturated carbocycles. The van der Waals surface area contributed by atoms with Crippen LogP contribution in [0.25, 0.3) is 10.1 Å². The summed E-state index contributed by atoms with van der Waals surface area (Å²) in [5.74, 6) is 0. The van der Waals surface area contributed by atoms with Gasteiger partial charge in [-0.25, -0.2) is 0 Å². The standard InChI is InChI=1S/C14H20N2S/c1-15-9-5-6-10-16(2)13-11-17-14-8-4-3-7-12(13)14/h3-4,7-8,11,15H,5-6,9-10H2,1-2H3. The molecule has 0 aliphatic rings. The number of hydrogen-bond acceptors (Lipinski definition) is 3. The normalized spacial score (nSPS) is 10.9. The molecule has 0 spiro atoms. The summed E-state index contributed by atoms with van der Waals surface area (Å²) in [6, 6.07) is 8.63. The minimum Gasteiger partial charge on any atom is -0.373 e. The summed E-state index contributed by atoms with van der Waals surface area (Å²) >= 11 is 1.83. The van der Waals surface area contributed by atoms with Gasteiger partial charge in [-0.05, 0) is 32.5 Å². The zero-order valence-electron chi connectivity index (χ0n) is 10.6. The van der Waals surface area contributed by atoms with Crippen LogP contribution in [0, 0.1) is 0 Å². The molecule has 0 atom stereocenters. The Morgan fingerprint density at radius 1 is 1.24 bits per heavy atom. The number of fused-ring (bicyclic) bond motifs is 1. The Labute approximate surface area is 107 Å². The lowest BCUT2D eigenvalue weighted by Crippen LogP contribution is -2.19. The van der Waals surface area contributed by atoms with E-state index in [1.54, 1.807) is 0 Å². The first kappa shape index (κ1) is 12.4. The summed E-state index contributed by atoms with van der Waals surface area (Å²) < 4.78 is 1.38. The number of thiophene rings is 1. The SMILES string of the molecule is CNCCCCN(C)c1csc2ccccc12. The van der Waals surface area contributed by atoms with E-state index in [1.165, 1.54) is 28.6 Å². The Balaban J connectivity index is 2.01. The Kier molecular flexibility index (Phi) is 4.40. The minimum absolute atomic E-state index is 1.11. The number of nitrogens with zero attached hydrogens (tertiary/aromatic N) is 1. The topological polar surface area (TPSA) is 15.3 Å². The second-order valence-electron chi connectivity index (χ2n) is 4.35. The van der Waals surface area contributed by atoms with Crippen LogP contribution >= 0.6 is 11.3 Å². The summed E-state index contributed by atoms with van der Waals surface area (Å²) in [5, 5.41) is 6.84. The fourth-order valence-corrected chi connectivity index (χ4v) is 3.03. The van der Waals surface area contributed by atoms with Crippen molar-refractivity contribution in [2.45, 2.75) is 12.8 Å². The van der Waals surface area contributed by atoms with Gasteiger partial charge in [-0.15, -0.1) is 11.3 Å². The highest BCUT2D eigenvalue weighted by molar-refractivity contribution is 7.17. The molecular formula is C14H20N2S. The molecule has 0 saturated heterocycles. The van der Waals surface area contributed by atoms with Crippen LogP contribution in [0.2, 0.25) is 0 Å². The van der Waals surface area contributed by atoms with E-state index in [2.05, 4.69) is 46.9 Å². The first-order valence-corrected chi connectivity index (χ1v) is 7.03. The van der Waals surface area contributed by atoms with E-state index in [-0.39, 0.29) is 0 Å². The molecule has 1 N–H and O–H groups in total. The molecule has 0 unspecified atom stereocenters. The van der Waals surface area contributed by atoms with Crippen molar-refractivity contribution in [3.8, 4) is 0 Å². The molecule has 0 bridgehead atoms. The quantitative estimate of drug-likeness (QED) is 0.789. The maximum Gasteiger partial charge on any atom is 0.0552 e. The molecule has 0 fully saturated rings. The summed E-state index contributed by atoms with van der Waals surface area (Å²) in [6.07, 6.45) is 2.48. The number of anilines is 1. The van der Waals surface area contributed by atoms with Gasteiger partial charge >= 0.3 is 0 Å². The third-order valence-corrected chi connectivity index (χ3v) is 3.99. The average molecular weight is 248 g/mol. The summed E-state index contributed by atoms with van der Waals surface area (Å²) in [6.45, 7) is 2.24. The van der Waals surface area contributed by atoms with Crippen LogP contribution in [0.5, 0.6) is 0 Å². The Morgan fingerprint density at radius 2 is 2.06 bits per heavy atom.